The van der Waals surface area contributed by atoms with Crippen LogP contribution in [0, 0.1) is 0 Å². The van der Waals surface area contributed by atoms with Crippen LogP contribution in [0.15, 0.2) is 0 Å². The van der Waals surface area contributed by atoms with Gasteiger partial charge < -0.3 is 0 Å². The molecule has 0 heterocycles. The Bertz CT molecular complexity index is 44.9. The van der Waals surface area contributed by atoms with E-state index in [1.54, 1.807) is 23.5 Å². The van der Waals surface area contributed by atoms with Crippen LogP contribution in [0.25, 0.3) is 0 Å². The zero-order valence-electron chi connectivity index (χ0n) is 4.76. The molecular weight excluding hydrogens is 144 g/mol. The van der Waals surface area contributed by atoms with E-state index < -0.39 is 0 Å². The Morgan fingerprint density at radius 1 is 1.29 bits per heavy atom. The van der Waals surface area contributed by atoms with Crippen LogP contribution >= 0.6 is 36.2 Å². The van der Waals surface area contributed by atoms with Crippen molar-refractivity contribution >= 4 is 36.2 Å². The van der Waals surface area contributed by atoms with Crippen LogP contribution in [0.3, 0.4) is 0 Å². The molecule has 0 aromatic rings. The fourth-order valence-electron chi connectivity index (χ4n) is 0.0833. The minimum absolute atomic E-state index is 0.111. The largest absolute Gasteiger partial charge is 0.151 e. The number of rotatable bonds is 2. The number of thiol groups is 1. The van der Waals surface area contributed by atoms with Crippen LogP contribution in [0.5, 0.6) is 0 Å². The third-order valence-electron chi connectivity index (χ3n) is 0.757. The molecule has 0 radical (unpaired) electrons. The average molecular weight is 154 g/mol. The van der Waals surface area contributed by atoms with Crippen molar-refractivity contribution in [1.29, 1.82) is 0 Å². The average Bonchev–Trinajstić information content (AvgIpc) is 1.68. The Labute approximate surface area is 59.2 Å². The van der Waals surface area contributed by atoms with Crippen LogP contribution in [0.2, 0.25) is 0 Å². The summed E-state index contributed by atoms with van der Waals surface area (Å²) >= 11 is 7.82. The van der Waals surface area contributed by atoms with Gasteiger partial charge in [-0.05, 0) is 19.4 Å². The molecule has 0 aromatic heterocycles. The predicted octanol–water partition coefficient (Wildman–Crippen LogP) is 2.32. The van der Waals surface area contributed by atoms with E-state index in [2.05, 4.69) is 32.1 Å². The van der Waals surface area contributed by atoms with Crippen LogP contribution in [-0.2, 0) is 0 Å². The molecule has 0 fully saturated rings. The molecule has 0 aliphatic rings. The van der Waals surface area contributed by atoms with Gasteiger partial charge in [-0.2, -0.15) is 12.6 Å². The Morgan fingerprint density at radius 2 is 1.57 bits per heavy atom. The van der Waals surface area contributed by atoms with E-state index in [0.29, 0.717) is 0 Å². The van der Waals surface area contributed by atoms with Gasteiger partial charge in [-0.3, -0.25) is 0 Å². The van der Waals surface area contributed by atoms with Gasteiger partial charge in [0.25, 0.3) is 0 Å². The van der Waals surface area contributed by atoms with Crippen LogP contribution in [-0.4, -0.2) is 15.9 Å². The minimum atomic E-state index is 0.111. The summed E-state index contributed by atoms with van der Waals surface area (Å²) in [6.07, 6.45) is 4.12. The van der Waals surface area contributed by atoms with Crippen LogP contribution in [0.4, 0.5) is 0 Å². The van der Waals surface area contributed by atoms with Gasteiger partial charge in [0.2, 0.25) is 0 Å². The van der Waals surface area contributed by atoms with Gasteiger partial charge >= 0.3 is 0 Å². The van der Waals surface area contributed by atoms with Gasteiger partial charge in [-0.25, -0.2) is 0 Å². The highest BCUT2D eigenvalue weighted by atomic mass is 32.3. The molecule has 0 nitrogen and oxygen atoms in total. The maximum atomic E-state index is 4.31. The molecule has 3 heteroatoms. The van der Waals surface area contributed by atoms with Crippen molar-refractivity contribution < 1.29 is 0 Å². The molecule has 0 saturated heterocycles. The van der Waals surface area contributed by atoms with E-state index in [0.717, 1.165) is 0 Å². The quantitative estimate of drug-likeness (QED) is 0.479. The molecule has 0 spiro atoms. The molecule has 0 saturated carbocycles. The maximum absolute atomic E-state index is 4.31. The molecule has 0 unspecified atom stereocenters. The fraction of sp³-hybridized carbons (Fsp3) is 1.00. The van der Waals surface area contributed by atoms with Gasteiger partial charge in [-0.15, -0.1) is 23.5 Å². The molecule has 0 N–H and O–H groups in total. The number of hydrogen-bond donors (Lipinski definition) is 1. The fourth-order valence-corrected chi connectivity index (χ4v) is 0.750. The number of thioether (sulfide) groups is 2. The van der Waals surface area contributed by atoms with Crippen LogP contribution in [0.1, 0.15) is 6.92 Å². The standard InChI is InChI=1S/C4H10S3/c1-4(5,6-2)7-3/h5H,1-3H3. The molecule has 44 valence electrons. The Balaban J connectivity index is 3.36. The summed E-state index contributed by atoms with van der Waals surface area (Å²) in [6.45, 7) is 2.09. The van der Waals surface area contributed by atoms with E-state index in [-0.39, 0.29) is 3.41 Å². The zero-order chi connectivity index (χ0) is 5.91. The first-order valence-corrected chi connectivity index (χ1v) is 4.85. The molecule has 0 bridgehead atoms. The van der Waals surface area contributed by atoms with Gasteiger partial charge in [0.15, 0.2) is 0 Å². The second kappa shape index (κ2) is 3.15. The lowest BCUT2D eigenvalue weighted by Gasteiger charge is -2.16. The molecule has 0 rings (SSSR count). The smallest absolute Gasteiger partial charge is 0.100 e. The van der Waals surface area contributed by atoms with Crippen molar-refractivity contribution in [2.75, 3.05) is 12.5 Å². The highest BCUT2D eigenvalue weighted by molar-refractivity contribution is 8.28. The summed E-state index contributed by atoms with van der Waals surface area (Å²) in [7, 11) is 0. The summed E-state index contributed by atoms with van der Waals surface area (Å²) in [5, 5.41) is 0. The number of hydrogen-bond acceptors (Lipinski definition) is 3. The highest BCUT2D eigenvalue weighted by Gasteiger charge is 2.12. The molecule has 0 aliphatic carbocycles. The Kier molecular flexibility index (Phi) is 3.62. The van der Waals surface area contributed by atoms with Crippen LogP contribution < -0.4 is 0 Å². The maximum Gasteiger partial charge on any atom is 0.100 e. The van der Waals surface area contributed by atoms with Gasteiger partial charge in [0.05, 0.1) is 0 Å². The van der Waals surface area contributed by atoms with E-state index in [1.807, 2.05) is 0 Å². The lowest BCUT2D eigenvalue weighted by molar-refractivity contribution is 1.35. The first-order valence-electron chi connectivity index (χ1n) is 1.95. The Hall–Kier alpha value is 1.05. The third-order valence-corrected chi connectivity index (χ3v) is 4.37. The van der Waals surface area contributed by atoms with Gasteiger partial charge in [-0.1, -0.05) is 0 Å². The molecule has 0 aliphatic heterocycles. The predicted molar refractivity (Wildman–Crippen MR) is 44.4 cm³/mol. The monoisotopic (exact) mass is 154 g/mol. The second-order valence-corrected chi connectivity index (χ2v) is 5.51. The molecule has 0 atom stereocenters. The summed E-state index contributed by atoms with van der Waals surface area (Å²) in [4.78, 5) is 0. The third kappa shape index (κ3) is 3.62. The molecular formula is C4H10S3. The lowest BCUT2D eigenvalue weighted by Crippen LogP contribution is -2.00. The Morgan fingerprint density at radius 3 is 1.57 bits per heavy atom. The molecule has 0 aromatic carbocycles. The summed E-state index contributed by atoms with van der Waals surface area (Å²) in [5.41, 5.74) is 0. The SMILES string of the molecule is CSC(C)(S)SC. The van der Waals surface area contributed by atoms with E-state index in [9.17, 15) is 0 Å². The lowest BCUT2D eigenvalue weighted by atomic mass is 10.9. The van der Waals surface area contributed by atoms with Crippen molar-refractivity contribution in [3.05, 3.63) is 0 Å². The minimum Gasteiger partial charge on any atom is -0.151 e. The van der Waals surface area contributed by atoms with Gasteiger partial charge in [0.1, 0.15) is 3.41 Å². The highest BCUT2D eigenvalue weighted by Crippen LogP contribution is 2.36. The topological polar surface area (TPSA) is 0 Å². The summed E-state index contributed by atoms with van der Waals surface area (Å²) in [5.74, 6) is 0. The molecule has 7 heavy (non-hydrogen) atoms. The molecule has 0 amide bonds. The first kappa shape index (κ1) is 8.05. The summed E-state index contributed by atoms with van der Waals surface area (Å²) < 4.78 is 0.111. The first-order chi connectivity index (χ1) is 3.12. The van der Waals surface area contributed by atoms with Crippen molar-refractivity contribution in [2.45, 2.75) is 10.3 Å². The van der Waals surface area contributed by atoms with Crippen molar-refractivity contribution in [1.82, 2.24) is 0 Å². The van der Waals surface area contributed by atoms with E-state index >= 15 is 0 Å². The normalized spacial score (nSPS) is 12.0. The van der Waals surface area contributed by atoms with Crippen molar-refractivity contribution in [3.63, 3.8) is 0 Å². The summed E-state index contributed by atoms with van der Waals surface area (Å²) in [6, 6.07) is 0. The van der Waals surface area contributed by atoms with Crippen molar-refractivity contribution in [3.8, 4) is 0 Å². The zero-order valence-corrected chi connectivity index (χ0v) is 7.29. The van der Waals surface area contributed by atoms with Crippen molar-refractivity contribution in [2.24, 2.45) is 0 Å². The van der Waals surface area contributed by atoms with E-state index in [1.165, 1.54) is 0 Å². The second-order valence-electron chi connectivity index (χ2n) is 1.31. The van der Waals surface area contributed by atoms with E-state index in [4.69, 9.17) is 0 Å². The van der Waals surface area contributed by atoms with Gasteiger partial charge in [0, 0.05) is 0 Å².